The van der Waals surface area contributed by atoms with Gasteiger partial charge in [-0.1, -0.05) is 0 Å². The molecule has 0 amide bonds. The molecule has 2 rings (SSSR count). The minimum Gasteiger partial charge on any atom is -0.481 e. The summed E-state index contributed by atoms with van der Waals surface area (Å²) in [6.07, 6.45) is 5.30. The molecule has 0 radical (unpaired) electrons. The van der Waals surface area contributed by atoms with Gasteiger partial charge in [-0.05, 0) is 19.3 Å². The van der Waals surface area contributed by atoms with Crippen LogP contribution in [0, 0.1) is 5.92 Å². The Balaban J connectivity index is 1.99. The molecule has 5 heteroatoms. The topological polar surface area (TPSA) is 64.4 Å². The number of aromatic nitrogens is 2. The summed E-state index contributed by atoms with van der Waals surface area (Å²) in [7, 11) is 1.69. The van der Waals surface area contributed by atoms with E-state index in [1.807, 2.05) is 10.8 Å². The van der Waals surface area contributed by atoms with Crippen LogP contribution in [-0.2, 0) is 28.9 Å². The summed E-state index contributed by atoms with van der Waals surface area (Å²) in [5.41, 5.74) is 1.04. The van der Waals surface area contributed by atoms with Gasteiger partial charge in [-0.2, -0.15) is 0 Å². The Morgan fingerprint density at radius 1 is 1.71 bits per heavy atom. The van der Waals surface area contributed by atoms with Gasteiger partial charge in [0.2, 0.25) is 0 Å². The van der Waals surface area contributed by atoms with Crippen molar-refractivity contribution in [2.45, 2.75) is 32.2 Å². The Hall–Kier alpha value is -1.36. The highest BCUT2D eigenvalue weighted by atomic mass is 16.5. The van der Waals surface area contributed by atoms with Crippen LogP contribution in [0.15, 0.2) is 6.20 Å². The first-order valence-electron chi connectivity index (χ1n) is 5.97. The number of aryl methyl sites for hydroxylation is 2. The van der Waals surface area contributed by atoms with E-state index in [0.717, 1.165) is 37.4 Å². The number of aliphatic carboxylic acids is 1. The molecule has 0 fully saturated rings. The number of rotatable bonds is 5. The van der Waals surface area contributed by atoms with Crippen molar-refractivity contribution in [3.8, 4) is 0 Å². The van der Waals surface area contributed by atoms with Crippen LogP contribution in [0.25, 0.3) is 0 Å². The smallest absolute Gasteiger partial charge is 0.308 e. The van der Waals surface area contributed by atoms with Gasteiger partial charge >= 0.3 is 5.97 Å². The van der Waals surface area contributed by atoms with E-state index in [2.05, 4.69) is 4.98 Å². The maximum absolute atomic E-state index is 10.9. The molecular weight excluding hydrogens is 220 g/mol. The highest BCUT2D eigenvalue weighted by Gasteiger charge is 2.25. The van der Waals surface area contributed by atoms with Crippen LogP contribution in [0.1, 0.15) is 24.4 Å². The molecule has 17 heavy (non-hydrogen) atoms. The molecule has 0 bridgehead atoms. The van der Waals surface area contributed by atoms with Crippen molar-refractivity contribution in [1.82, 2.24) is 9.55 Å². The Morgan fingerprint density at radius 3 is 3.24 bits per heavy atom. The summed E-state index contributed by atoms with van der Waals surface area (Å²) in [5.74, 6) is 0.0590. The first-order valence-corrected chi connectivity index (χ1v) is 5.97. The Kier molecular flexibility index (Phi) is 3.78. The molecule has 1 N–H and O–H groups in total. The summed E-state index contributed by atoms with van der Waals surface area (Å²) in [4.78, 5) is 15.5. The van der Waals surface area contributed by atoms with E-state index in [9.17, 15) is 4.79 Å². The van der Waals surface area contributed by atoms with Crippen LogP contribution in [0.4, 0.5) is 0 Å². The van der Waals surface area contributed by atoms with Crippen molar-refractivity contribution in [2.24, 2.45) is 5.92 Å². The Bertz CT molecular complexity index is 400. The molecule has 1 aliphatic rings. The standard InChI is InChI=1S/C12H18N2O3/c1-17-6-2-3-10-8-14-7-9(12(15)16)4-5-11(14)13-10/h8-9H,2-7H2,1H3,(H,15,16). The van der Waals surface area contributed by atoms with Gasteiger partial charge in [-0.15, -0.1) is 0 Å². The highest BCUT2D eigenvalue weighted by Crippen LogP contribution is 2.20. The predicted octanol–water partition coefficient (Wildman–Crippen LogP) is 1.11. The van der Waals surface area contributed by atoms with E-state index in [1.165, 1.54) is 0 Å². The maximum Gasteiger partial charge on any atom is 0.308 e. The fraction of sp³-hybridized carbons (Fsp3) is 0.667. The lowest BCUT2D eigenvalue weighted by atomic mass is 10.00. The number of nitrogens with zero attached hydrogens (tertiary/aromatic N) is 2. The van der Waals surface area contributed by atoms with E-state index in [4.69, 9.17) is 9.84 Å². The summed E-state index contributed by atoms with van der Waals surface area (Å²) in [5, 5.41) is 8.99. The molecule has 0 saturated heterocycles. The molecule has 1 aliphatic heterocycles. The Labute approximate surface area is 100 Å². The van der Waals surface area contributed by atoms with Crippen molar-refractivity contribution in [3.05, 3.63) is 17.7 Å². The SMILES string of the molecule is COCCCc1cn2c(n1)CCC(C(=O)O)C2. The fourth-order valence-electron chi connectivity index (χ4n) is 2.22. The van der Waals surface area contributed by atoms with Crippen molar-refractivity contribution >= 4 is 5.97 Å². The minimum atomic E-state index is -0.703. The van der Waals surface area contributed by atoms with E-state index >= 15 is 0 Å². The number of carboxylic acid groups (broad SMARTS) is 1. The maximum atomic E-state index is 10.9. The van der Waals surface area contributed by atoms with Crippen LogP contribution < -0.4 is 0 Å². The fourth-order valence-corrected chi connectivity index (χ4v) is 2.22. The molecule has 2 heterocycles. The van der Waals surface area contributed by atoms with Gasteiger partial charge in [0, 0.05) is 32.9 Å². The van der Waals surface area contributed by atoms with Crippen molar-refractivity contribution < 1.29 is 14.6 Å². The van der Waals surface area contributed by atoms with Gasteiger partial charge in [-0.3, -0.25) is 4.79 Å². The van der Waals surface area contributed by atoms with Crippen LogP contribution >= 0.6 is 0 Å². The predicted molar refractivity (Wildman–Crippen MR) is 61.9 cm³/mol. The van der Waals surface area contributed by atoms with E-state index < -0.39 is 5.97 Å². The molecule has 0 aliphatic carbocycles. The largest absolute Gasteiger partial charge is 0.481 e. The number of ether oxygens (including phenoxy) is 1. The zero-order chi connectivity index (χ0) is 12.3. The second kappa shape index (κ2) is 5.31. The van der Waals surface area contributed by atoms with E-state index in [-0.39, 0.29) is 5.92 Å². The number of imidazole rings is 1. The van der Waals surface area contributed by atoms with Crippen molar-refractivity contribution in [1.29, 1.82) is 0 Å². The van der Waals surface area contributed by atoms with E-state index in [1.54, 1.807) is 7.11 Å². The number of hydrogen-bond acceptors (Lipinski definition) is 3. The number of hydrogen-bond donors (Lipinski definition) is 1. The van der Waals surface area contributed by atoms with Crippen LogP contribution in [0.3, 0.4) is 0 Å². The summed E-state index contributed by atoms with van der Waals surface area (Å²) < 4.78 is 6.99. The normalized spacial score (nSPS) is 19.0. The third kappa shape index (κ3) is 2.85. The molecule has 1 unspecified atom stereocenters. The summed E-state index contributed by atoms with van der Waals surface area (Å²) in [6.45, 7) is 1.29. The summed E-state index contributed by atoms with van der Waals surface area (Å²) in [6, 6.07) is 0. The third-order valence-electron chi connectivity index (χ3n) is 3.17. The molecule has 1 aromatic rings. The first-order chi connectivity index (χ1) is 8.20. The average Bonchev–Trinajstić information content (AvgIpc) is 2.70. The number of methoxy groups -OCH3 is 1. The molecule has 94 valence electrons. The van der Waals surface area contributed by atoms with Crippen LogP contribution in [0.2, 0.25) is 0 Å². The van der Waals surface area contributed by atoms with Gasteiger partial charge < -0.3 is 14.4 Å². The van der Waals surface area contributed by atoms with E-state index in [0.29, 0.717) is 13.0 Å². The third-order valence-corrected chi connectivity index (χ3v) is 3.17. The zero-order valence-electron chi connectivity index (χ0n) is 10.1. The molecule has 5 nitrogen and oxygen atoms in total. The van der Waals surface area contributed by atoms with Gasteiger partial charge in [0.15, 0.2) is 0 Å². The molecule has 0 aromatic carbocycles. The van der Waals surface area contributed by atoms with Crippen molar-refractivity contribution in [2.75, 3.05) is 13.7 Å². The quantitative estimate of drug-likeness (QED) is 0.780. The second-order valence-corrected chi connectivity index (χ2v) is 4.47. The van der Waals surface area contributed by atoms with Crippen LogP contribution in [-0.4, -0.2) is 34.3 Å². The van der Waals surface area contributed by atoms with Gasteiger partial charge in [0.1, 0.15) is 5.82 Å². The second-order valence-electron chi connectivity index (χ2n) is 4.47. The number of carboxylic acids is 1. The first kappa shape index (κ1) is 12.1. The van der Waals surface area contributed by atoms with Crippen LogP contribution in [0.5, 0.6) is 0 Å². The average molecular weight is 238 g/mol. The molecule has 1 aromatic heterocycles. The lowest BCUT2D eigenvalue weighted by Gasteiger charge is -2.19. The molecular formula is C12H18N2O3. The Morgan fingerprint density at radius 2 is 2.53 bits per heavy atom. The monoisotopic (exact) mass is 238 g/mol. The molecule has 0 spiro atoms. The lowest BCUT2D eigenvalue weighted by Crippen LogP contribution is -2.26. The zero-order valence-corrected chi connectivity index (χ0v) is 10.1. The van der Waals surface area contributed by atoms with Gasteiger partial charge in [0.25, 0.3) is 0 Å². The summed E-state index contributed by atoms with van der Waals surface area (Å²) >= 11 is 0. The van der Waals surface area contributed by atoms with Gasteiger partial charge in [0.05, 0.1) is 11.6 Å². The number of fused-ring (bicyclic) bond motifs is 1. The number of carbonyl (C=O) groups is 1. The molecule has 0 saturated carbocycles. The minimum absolute atomic E-state index is 0.261. The highest BCUT2D eigenvalue weighted by molar-refractivity contribution is 5.70. The van der Waals surface area contributed by atoms with Crippen molar-refractivity contribution in [3.63, 3.8) is 0 Å². The van der Waals surface area contributed by atoms with Gasteiger partial charge in [-0.25, -0.2) is 4.98 Å². The molecule has 1 atom stereocenters. The lowest BCUT2D eigenvalue weighted by molar-refractivity contribution is -0.142.